The molecule has 0 radical (unpaired) electrons. The summed E-state index contributed by atoms with van der Waals surface area (Å²) >= 11 is 0. The molecule has 0 aliphatic heterocycles. The van der Waals surface area contributed by atoms with Crippen molar-refractivity contribution in [3.05, 3.63) is 0 Å². The van der Waals surface area contributed by atoms with Gasteiger partial charge in [0.25, 0.3) is 0 Å². The normalized spacial score (nSPS) is 12.9. The molecule has 0 rings (SSSR count). The molecule has 72 valence electrons. The summed E-state index contributed by atoms with van der Waals surface area (Å²) in [5.74, 6) is 0.364. The quantitative estimate of drug-likeness (QED) is 0.598. The lowest BCUT2D eigenvalue weighted by molar-refractivity contribution is -0.119. The smallest absolute Gasteiger partial charge is 0.132 e. The standard InChI is InChI=1S/C10H20O2/c1-3-6-10(12)8-5-4-7-9(2)11/h9,11H,3-8H2,1-2H3. The van der Waals surface area contributed by atoms with E-state index in [1.165, 1.54) is 0 Å². The molecule has 0 aliphatic carbocycles. The number of hydrogen-bond acceptors (Lipinski definition) is 2. The molecular formula is C10H20O2. The first-order valence-electron chi connectivity index (χ1n) is 4.86. The monoisotopic (exact) mass is 172 g/mol. The Hall–Kier alpha value is -0.370. The predicted octanol–water partition coefficient (Wildman–Crippen LogP) is 2.30. The molecule has 0 aliphatic rings. The van der Waals surface area contributed by atoms with Gasteiger partial charge in [0, 0.05) is 12.8 Å². The van der Waals surface area contributed by atoms with Gasteiger partial charge in [-0.25, -0.2) is 0 Å². The number of carbonyl (C=O) groups is 1. The third-order valence-corrected chi connectivity index (χ3v) is 1.86. The Morgan fingerprint density at radius 1 is 1.33 bits per heavy atom. The van der Waals surface area contributed by atoms with Crippen LogP contribution in [0, 0.1) is 0 Å². The Morgan fingerprint density at radius 3 is 2.50 bits per heavy atom. The Morgan fingerprint density at radius 2 is 2.00 bits per heavy atom. The van der Waals surface area contributed by atoms with Crippen LogP contribution >= 0.6 is 0 Å². The molecule has 0 saturated heterocycles. The van der Waals surface area contributed by atoms with E-state index in [-0.39, 0.29) is 6.10 Å². The van der Waals surface area contributed by atoms with Gasteiger partial charge in [0.2, 0.25) is 0 Å². The second kappa shape index (κ2) is 7.29. The van der Waals surface area contributed by atoms with Gasteiger partial charge in [-0.3, -0.25) is 4.79 Å². The molecule has 0 spiro atoms. The van der Waals surface area contributed by atoms with E-state index in [1.807, 2.05) is 6.92 Å². The Balaban J connectivity index is 3.14. The van der Waals surface area contributed by atoms with Gasteiger partial charge in [0.05, 0.1) is 6.10 Å². The number of aliphatic hydroxyl groups excluding tert-OH is 1. The molecule has 12 heavy (non-hydrogen) atoms. The van der Waals surface area contributed by atoms with Gasteiger partial charge in [0.1, 0.15) is 5.78 Å². The molecule has 0 heterocycles. The fourth-order valence-electron chi connectivity index (χ4n) is 1.17. The van der Waals surface area contributed by atoms with Crippen molar-refractivity contribution in [2.24, 2.45) is 0 Å². The molecule has 1 atom stereocenters. The maximum Gasteiger partial charge on any atom is 0.132 e. The van der Waals surface area contributed by atoms with E-state index in [0.717, 1.165) is 25.7 Å². The SMILES string of the molecule is CCCC(=O)CCCCC(C)O. The van der Waals surface area contributed by atoms with Gasteiger partial charge in [-0.15, -0.1) is 0 Å². The molecule has 0 amide bonds. The van der Waals surface area contributed by atoms with Crippen LogP contribution in [0.1, 0.15) is 52.4 Å². The van der Waals surface area contributed by atoms with Crippen molar-refractivity contribution < 1.29 is 9.90 Å². The van der Waals surface area contributed by atoms with Crippen LogP contribution in [-0.2, 0) is 4.79 Å². The number of Topliss-reactive ketones (excluding diaryl/α,β-unsaturated/α-hetero) is 1. The summed E-state index contributed by atoms with van der Waals surface area (Å²) < 4.78 is 0. The van der Waals surface area contributed by atoms with Gasteiger partial charge < -0.3 is 5.11 Å². The largest absolute Gasteiger partial charge is 0.393 e. The van der Waals surface area contributed by atoms with Crippen LogP contribution < -0.4 is 0 Å². The van der Waals surface area contributed by atoms with E-state index in [9.17, 15) is 4.79 Å². The van der Waals surface area contributed by atoms with Crippen LogP contribution in [0.2, 0.25) is 0 Å². The molecule has 1 N–H and O–H groups in total. The van der Waals surface area contributed by atoms with Gasteiger partial charge in [-0.2, -0.15) is 0 Å². The Kier molecular flexibility index (Phi) is 7.06. The van der Waals surface area contributed by atoms with Gasteiger partial charge in [-0.05, 0) is 26.2 Å². The van der Waals surface area contributed by atoms with E-state index in [4.69, 9.17) is 5.11 Å². The number of ketones is 1. The maximum absolute atomic E-state index is 11.0. The summed E-state index contributed by atoms with van der Waals surface area (Å²) in [5, 5.41) is 8.94. The van der Waals surface area contributed by atoms with Crippen molar-refractivity contribution in [2.45, 2.75) is 58.5 Å². The number of unbranched alkanes of at least 4 members (excludes halogenated alkanes) is 1. The van der Waals surface area contributed by atoms with Crippen molar-refractivity contribution in [3.8, 4) is 0 Å². The molecule has 0 saturated carbocycles. The van der Waals surface area contributed by atoms with Crippen LogP contribution in [0.25, 0.3) is 0 Å². The minimum atomic E-state index is -0.216. The first-order valence-corrected chi connectivity index (χ1v) is 4.86. The summed E-state index contributed by atoms with van der Waals surface area (Å²) in [4.78, 5) is 11.0. The highest BCUT2D eigenvalue weighted by Crippen LogP contribution is 2.05. The first kappa shape index (κ1) is 11.6. The topological polar surface area (TPSA) is 37.3 Å². The van der Waals surface area contributed by atoms with Gasteiger partial charge in [-0.1, -0.05) is 13.3 Å². The third kappa shape index (κ3) is 7.73. The fourth-order valence-corrected chi connectivity index (χ4v) is 1.17. The zero-order valence-corrected chi connectivity index (χ0v) is 8.18. The highest BCUT2D eigenvalue weighted by Gasteiger charge is 2.00. The van der Waals surface area contributed by atoms with E-state index in [0.29, 0.717) is 18.6 Å². The highest BCUT2D eigenvalue weighted by molar-refractivity contribution is 5.78. The molecule has 0 aromatic rings. The van der Waals surface area contributed by atoms with Crippen LogP contribution in [0.15, 0.2) is 0 Å². The van der Waals surface area contributed by atoms with Crippen molar-refractivity contribution in [1.82, 2.24) is 0 Å². The lowest BCUT2D eigenvalue weighted by Gasteiger charge is -2.02. The molecule has 2 heteroatoms. The van der Waals surface area contributed by atoms with Crippen LogP contribution in [0.3, 0.4) is 0 Å². The highest BCUT2D eigenvalue weighted by atomic mass is 16.3. The average Bonchev–Trinajstić information content (AvgIpc) is 1.98. The second-order valence-electron chi connectivity index (χ2n) is 3.38. The van der Waals surface area contributed by atoms with E-state index in [1.54, 1.807) is 6.92 Å². The van der Waals surface area contributed by atoms with E-state index >= 15 is 0 Å². The van der Waals surface area contributed by atoms with Gasteiger partial charge >= 0.3 is 0 Å². The number of aliphatic hydroxyl groups is 1. The van der Waals surface area contributed by atoms with E-state index in [2.05, 4.69) is 0 Å². The lowest BCUT2D eigenvalue weighted by atomic mass is 10.1. The summed E-state index contributed by atoms with van der Waals surface area (Å²) in [6.45, 7) is 3.81. The Bertz CT molecular complexity index is 119. The van der Waals surface area contributed by atoms with Crippen molar-refractivity contribution in [3.63, 3.8) is 0 Å². The van der Waals surface area contributed by atoms with E-state index < -0.39 is 0 Å². The molecule has 1 unspecified atom stereocenters. The van der Waals surface area contributed by atoms with Crippen LogP contribution in [-0.4, -0.2) is 17.0 Å². The van der Waals surface area contributed by atoms with Crippen LogP contribution in [0.4, 0.5) is 0 Å². The zero-order valence-electron chi connectivity index (χ0n) is 8.18. The molecular weight excluding hydrogens is 152 g/mol. The van der Waals surface area contributed by atoms with Crippen molar-refractivity contribution >= 4 is 5.78 Å². The number of carbonyl (C=O) groups excluding carboxylic acids is 1. The Labute approximate surface area is 75.0 Å². The molecule has 0 aromatic heterocycles. The predicted molar refractivity (Wildman–Crippen MR) is 50.1 cm³/mol. The molecule has 0 fully saturated rings. The number of hydrogen-bond donors (Lipinski definition) is 1. The van der Waals surface area contributed by atoms with Crippen molar-refractivity contribution in [1.29, 1.82) is 0 Å². The summed E-state index contributed by atoms with van der Waals surface area (Å²) in [7, 11) is 0. The summed E-state index contributed by atoms with van der Waals surface area (Å²) in [5.41, 5.74) is 0. The zero-order chi connectivity index (χ0) is 9.40. The minimum absolute atomic E-state index is 0.216. The fraction of sp³-hybridized carbons (Fsp3) is 0.900. The lowest BCUT2D eigenvalue weighted by Crippen LogP contribution is -2.01. The third-order valence-electron chi connectivity index (χ3n) is 1.86. The molecule has 0 bridgehead atoms. The molecule has 2 nitrogen and oxygen atoms in total. The van der Waals surface area contributed by atoms with Crippen molar-refractivity contribution in [2.75, 3.05) is 0 Å². The second-order valence-corrected chi connectivity index (χ2v) is 3.38. The first-order chi connectivity index (χ1) is 5.66. The van der Waals surface area contributed by atoms with Crippen LogP contribution in [0.5, 0.6) is 0 Å². The summed E-state index contributed by atoms with van der Waals surface area (Å²) in [6, 6.07) is 0. The number of rotatable bonds is 7. The van der Waals surface area contributed by atoms with Gasteiger partial charge in [0.15, 0.2) is 0 Å². The maximum atomic E-state index is 11.0. The summed E-state index contributed by atoms with van der Waals surface area (Å²) in [6.07, 6.45) is 4.87. The average molecular weight is 172 g/mol. The molecule has 0 aromatic carbocycles. The minimum Gasteiger partial charge on any atom is -0.393 e.